The first-order chi connectivity index (χ1) is 10.3. The van der Waals surface area contributed by atoms with Gasteiger partial charge in [0, 0.05) is 18.2 Å². The van der Waals surface area contributed by atoms with Crippen LogP contribution in [-0.2, 0) is 16.1 Å². The lowest BCUT2D eigenvalue weighted by Crippen LogP contribution is -2.32. The fourth-order valence-corrected chi connectivity index (χ4v) is 1.48. The van der Waals surface area contributed by atoms with Crippen LogP contribution in [0.15, 0.2) is 24.3 Å². The highest BCUT2D eigenvalue weighted by atomic mass is 35.5. The van der Waals surface area contributed by atoms with E-state index >= 15 is 0 Å². The van der Waals surface area contributed by atoms with E-state index in [1.165, 1.54) is 6.07 Å². The predicted molar refractivity (Wildman–Crippen MR) is 81.1 cm³/mol. The van der Waals surface area contributed by atoms with Crippen LogP contribution in [0.3, 0.4) is 0 Å². The second kappa shape index (κ2) is 9.69. The zero-order chi connectivity index (χ0) is 16.8. The molecule has 0 aromatic heterocycles. The third-order valence-electron chi connectivity index (χ3n) is 2.88. The molecule has 0 aliphatic rings. The Morgan fingerprint density at radius 2 is 2.04 bits per heavy atom. The van der Waals surface area contributed by atoms with Crippen molar-refractivity contribution in [2.45, 2.75) is 25.9 Å². The molecule has 0 aliphatic carbocycles. The lowest BCUT2D eigenvalue weighted by Gasteiger charge is -2.15. The van der Waals surface area contributed by atoms with Crippen molar-refractivity contribution in [3.8, 4) is 0 Å². The third-order valence-corrected chi connectivity index (χ3v) is 2.88. The number of hydrogen-bond acceptors (Lipinski definition) is 3. The number of amides is 1. The minimum atomic E-state index is -4.18. The van der Waals surface area contributed by atoms with Crippen LogP contribution < -0.4 is 11.1 Å². The van der Waals surface area contributed by atoms with E-state index in [-0.39, 0.29) is 37.4 Å². The topological polar surface area (TPSA) is 64.4 Å². The molecule has 1 unspecified atom stereocenters. The Labute approximate surface area is 137 Å². The zero-order valence-electron chi connectivity index (χ0n) is 12.4. The Bertz CT molecular complexity index is 503. The van der Waals surface area contributed by atoms with E-state index in [9.17, 15) is 22.4 Å². The molecule has 1 aromatic carbocycles. The summed E-state index contributed by atoms with van der Waals surface area (Å²) >= 11 is 0. The molecule has 0 radical (unpaired) electrons. The van der Waals surface area contributed by atoms with Crippen molar-refractivity contribution in [2.75, 3.05) is 18.5 Å². The smallest absolute Gasteiger partial charge is 0.330 e. The van der Waals surface area contributed by atoms with Crippen LogP contribution in [0.25, 0.3) is 0 Å². The summed E-state index contributed by atoms with van der Waals surface area (Å²) < 4.78 is 53.9. The van der Waals surface area contributed by atoms with Gasteiger partial charge >= 0.3 is 12.3 Å². The highest BCUT2D eigenvalue weighted by Gasteiger charge is 2.40. The number of hydrogen-bond donors (Lipinski definition) is 2. The van der Waals surface area contributed by atoms with Crippen LogP contribution in [0.4, 0.5) is 23.2 Å². The molecule has 0 bridgehead atoms. The van der Waals surface area contributed by atoms with Gasteiger partial charge in [-0.3, -0.25) is 4.79 Å². The molecule has 0 spiro atoms. The molecule has 1 aromatic rings. The molecule has 1 amide bonds. The lowest BCUT2D eigenvalue weighted by atomic mass is 10.1. The molecule has 23 heavy (non-hydrogen) atoms. The van der Waals surface area contributed by atoms with Crippen LogP contribution in [0, 0.1) is 5.92 Å². The summed E-state index contributed by atoms with van der Waals surface area (Å²) in [4.78, 5) is 11.7. The van der Waals surface area contributed by atoms with Crippen LogP contribution in [-0.4, -0.2) is 31.4 Å². The molecule has 1 rings (SSSR count). The molecule has 0 aliphatic heterocycles. The van der Waals surface area contributed by atoms with Gasteiger partial charge in [-0.15, -0.1) is 12.4 Å². The SMILES string of the molecule is CC(CN)C(=O)Nc1cccc(COCC(F)(F)C(F)F)c1.Cl. The van der Waals surface area contributed by atoms with E-state index in [0.717, 1.165) is 0 Å². The van der Waals surface area contributed by atoms with Gasteiger partial charge in [-0.1, -0.05) is 19.1 Å². The summed E-state index contributed by atoms with van der Waals surface area (Å²) in [6.07, 6.45) is -3.77. The van der Waals surface area contributed by atoms with Gasteiger partial charge < -0.3 is 15.8 Å². The van der Waals surface area contributed by atoms with E-state index in [0.29, 0.717) is 11.3 Å². The Morgan fingerprint density at radius 1 is 1.39 bits per heavy atom. The number of benzene rings is 1. The van der Waals surface area contributed by atoms with Gasteiger partial charge in [0.25, 0.3) is 0 Å². The van der Waals surface area contributed by atoms with Crippen LogP contribution >= 0.6 is 12.4 Å². The molecule has 0 fully saturated rings. The summed E-state index contributed by atoms with van der Waals surface area (Å²) in [5.41, 5.74) is 6.30. The van der Waals surface area contributed by atoms with Crippen LogP contribution in [0.5, 0.6) is 0 Å². The van der Waals surface area contributed by atoms with E-state index < -0.39 is 19.0 Å². The molecule has 0 heterocycles. The largest absolute Gasteiger partial charge is 0.370 e. The number of nitrogens with one attached hydrogen (secondary N) is 1. The molecular weight excluding hydrogens is 340 g/mol. The van der Waals surface area contributed by atoms with Gasteiger partial charge in [-0.25, -0.2) is 8.78 Å². The maximum atomic E-state index is 12.7. The van der Waals surface area contributed by atoms with Crippen molar-refractivity contribution in [3.63, 3.8) is 0 Å². The van der Waals surface area contributed by atoms with Crippen molar-refractivity contribution in [2.24, 2.45) is 11.7 Å². The minimum Gasteiger partial charge on any atom is -0.370 e. The fraction of sp³-hybridized carbons (Fsp3) is 0.500. The summed E-state index contributed by atoms with van der Waals surface area (Å²) in [5.74, 6) is -4.82. The van der Waals surface area contributed by atoms with Gasteiger partial charge in [-0.2, -0.15) is 8.78 Å². The van der Waals surface area contributed by atoms with Gasteiger partial charge in [0.2, 0.25) is 5.91 Å². The number of nitrogens with two attached hydrogens (primary N) is 1. The Kier molecular flexibility index (Phi) is 9.11. The van der Waals surface area contributed by atoms with E-state index in [1.54, 1.807) is 25.1 Å². The normalized spacial score (nSPS) is 12.7. The third kappa shape index (κ3) is 7.15. The Hall–Kier alpha value is -1.38. The molecule has 3 N–H and O–H groups in total. The van der Waals surface area contributed by atoms with Crippen LogP contribution in [0.1, 0.15) is 12.5 Å². The van der Waals surface area contributed by atoms with Crippen molar-refractivity contribution in [1.29, 1.82) is 0 Å². The fourth-order valence-electron chi connectivity index (χ4n) is 1.48. The van der Waals surface area contributed by atoms with Crippen molar-refractivity contribution in [3.05, 3.63) is 29.8 Å². The molecule has 1 atom stereocenters. The maximum Gasteiger partial charge on any atom is 0.330 e. The maximum absolute atomic E-state index is 12.7. The van der Waals surface area contributed by atoms with Crippen LogP contribution in [0.2, 0.25) is 0 Å². The average Bonchev–Trinajstić information content (AvgIpc) is 2.46. The van der Waals surface area contributed by atoms with Gasteiger partial charge in [0.15, 0.2) is 0 Å². The first kappa shape index (κ1) is 21.6. The quantitative estimate of drug-likeness (QED) is 0.702. The molecule has 4 nitrogen and oxygen atoms in total. The minimum absolute atomic E-state index is 0. The first-order valence-corrected chi connectivity index (χ1v) is 6.60. The number of ether oxygens (including phenoxy) is 1. The second-order valence-corrected chi connectivity index (χ2v) is 4.88. The number of alkyl halides is 4. The molecule has 0 saturated carbocycles. The number of carbonyl (C=O) groups is 1. The van der Waals surface area contributed by atoms with Crippen molar-refractivity contribution < 1.29 is 27.1 Å². The lowest BCUT2D eigenvalue weighted by molar-refractivity contribution is -0.168. The Balaban J connectivity index is 0.00000484. The summed E-state index contributed by atoms with van der Waals surface area (Å²) in [7, 11) is 0. The standard InChI is InChI=1S/C14H18F4N2O2.ClH/c1-9(6-19)12(21)20-11-4-2-3-10(5-11)7-22-8-14(17,18)13(15)16;/h2-5,9,13H,6-8,19H2,1H3,(H,20,21);1H. The second-order valence-electron chi connectivity index (χ2n) is 4.88. The number of carbonyl (C=O) groups excluding carboxylic acids is 1. The highest BCUT2D eigenvalue weighted by Crippen LogP contribution is 2.23. The molecule has 132 valence electrons. The summed E-state index contributed by atoms with van der Waals surface area (Å²) in [6, 6.07) is 6.29. The first-order valence-electron chi connectivity index (χ1n) is 6.60. The zero-order valence-corrected chi connectivity index (χ0v) is 13.2. The number of rotatable bonds is 8. The van der Waals surface area contributed by atoms with E-state index in [4.69, 9.17) is 5.73 Å². The Morgan fingerprint density at radius 3 is 2.61 bits per heavy atom. The number of anilines is 1. The van der Waals surface area contributed by atoms with E-state index in [2.05, 4.69) is 10.1 Å². The molecule has 9 heteroatoms. The predicted octanol–water partition coefficient (Wildman–Crippen LogP) is 3.06. The van der Waals surface area contributed by atoms with E-state index in [1.807, 2.05) is 0 Å². The van der Waals surface area contributed by atoms with Gasteiger partial charge in [-0.05, 0) is 17.7 Å². The average molecular weight is 359 g/mol. The number of halogens is 5. The monoisotopic (exact) mass is 358 g/mol. The van der Waals surface area contributed by atoms with Gasteiger partial charge in [0.1, 0.15) is 6.61 Å². The van der Waals surface area contributed by atoms with Crippen molar-refractivity contribution >= 4 is 24.0 Å². The van der Waals surface area contributed by atoms with Crippen molar-refractivity contribution in [1.82, 2.24) is 0 Å². The highest BCUT2D eigenvalue weighted by molar-refractivity contribution is 5.92. The van der Waals surface area contributed by atoms with Gasteiger partial charge in [0.05, 0.1) is 6.61 Å². The molecule has 0 saturated heterocycles. The summed E-state index contributed by atoms with van der Waals surface area (Å²) in [6.45, 7) is 0.218. The molecular formula is C14H19ClF4N2O2. The summed E-state index contributed by atoms with van der Waals surface area (Å²) in [5, 5.41) is 2.62.